The number of rotatable bonds is 2. The normalized spacial score (nSPS) is 17.2. The number of hydrogen-bond donors (Lipinski definition) is 2. The molecule has 0 radical (unpaired) electrons. The van der Waals surface area contributed by atoms with Gasteiger partial charge in [0, 0.05) is 5.92 Å². The Hall–Kier alpha value is -1.58. The summed E-state index contributed by atoms with van der Waals surface area (Å²) in [4.78, 5) is 12.1. The number of carbonyl (C=O) groups excluding carboxylic acids is 1. The number of carbonyl (C=O) groups is 1. The lowest BCUT2D eigenvalue weighted by atomic mass is 9.99. The maximum atomic E-state index is 13.6. The SMILES string of the molecule is Nc1cccc(F)c1NC(=O)C1CCCCCC1. The van der Waals surface area contributed by atoms with Crippen molar-refractivity contribution in [3.8, 4) is 0 Å². The van der Waals surface area contributed by atoms with Crippen LogP contribution in [0.5, 0.6) is 0 Å². The van der Waals surface area contributed by atoms with Gasteiger partial charge in [-0.2, -0.15) is 0 Å². The molecule has 18 heavy (non-hydrogen) atoms. The quantitative estimate of drug-likeness (QED) is 0.625. The Morgan fingerprint density at radius 1 is 1.22 bits per heavy atom. The molecule has 1 aliphatic rings. The Bertz CT molecular complexity index is 406. The molecule has 1 aromatic rings. The van der Waals surface area contributed by atoms with Crippen LogP contribution in [0.25, 0.3) is 0 Å². The molecule has 0 spiro atoms. The number of halogens is 1. The van der Waals surface area contributed by atoms with Crippen molar-refractivity contribution in [2.75, 3.05) is 11.1 Å². The standard InChI is InChI=1S/C14H19FN2O/c15-11-8-5-9-12(16)13(11)17-14(18)10-6-3-1-2-4-7-10/h5,8-10H,1-4,6-7,16H2,(H,17,18). The van der Waals surface area contributed by atoms with Crippen LogP contribution < -0.4 is 11.1 Å². The Labute approximate surface area is 107 Å². The molecule has 3 nitrogen and oxygen atoms in total. The van der Waals surface area contributed by atoms with E-state index in [9.17, 15) is 9.18 Å². The molecular weight excluding hydrogens is 231 g/mol. The molecule has 98 valence electrons. The number of para-hydroxylation sites is 1. The van der Waals surface area contributed by atoms with Gasteiger partial charge in [-0.15, -0.1) is 0 Å². The van der Waals surface area contributed by atoms with Gasteiger partial charge in [-0.05, 0) is 25.0 Å². The average molecular weight is 250 g/mol. The average Bonchev–Trinajstić information content (AvgIpc) is 2.62. The third kappa shape index (κ3) is 3.00. The van der Waals surface area contributed by atoms with Crippen molar-refractivity contribution in [2.24, 2.45) is 5.92 Å². The second-order valence-electron chi connectivity index (χ2n) is 4.88. The fourth-order valence-corrected chi connectivity index (χ4v) is 2.44. The molecule has 1 fully saturated rings. The van der Waals surface area contributed by atoms with E-state index in [4.69, 9.17) is 5.73 Å². The Morgan fingerprint density at radius 2 is 1.89 bits per heavy atom. The maximum absolute atomic E-state index is 13.6. The summed E-state index contributed by atoms with van der Waals surface area (Å²) in [7, 11) is 0. The van der Waals surface area contributed by atoms with Gasteiger partial charge in [0.1, 0.15) is 11.5 Å². The van der Waals surface area contributed by atoms with Crippen LogP contribution in [0.1, 0.15) is 38.5 Å². The van der Waals surface area contributed by atoms with Crippen LogP contribution in [0.3, 0.4) is 0 Å². The molecule has 0 aliphatic heterocycles. The highest BCUT2D eigenvalue weighted by atomic mass is 19.1. The van der Waals surface area contributed by atoms with Crippen molar-refractivity contribution >= 4 is 17.3 Å². The molecular formula is C14H19FN2O. The van der Waals surface area contributed by atoms with Gasteiger partial charge < -0.3 is 11.1 Å². The minimum absolute atomic E-state index is 0.00786. The summed E-state index contributed by atoms with van der Waals surface area (Å²) in [5, 5.41) is 2.64. The van der Waals surface area contributed by atoms with Crippen molar-refractivity contribution < 1.29 is 9.18 Å². The highest BCUT2D eigenvalue weighted by Crippen LogP contribution is 2.27. The predicted molar refractivity (Wildman–Crippen MR) is 70.6 cm³/mol. The minimum Gasteiger partial charge on any atom is -0.397 e. The van der Waals surface area contributed by atoms with E-state index in [1.54, 1.807) is 6.07 Å². The van der Waals surface area contributed by atoms with Gasteiger partial charge in [-0.1, -0.05) is 31.7 Å². The maximum Gasteiger partial charge on any atom is 0.227 e. The first kappa shape index (κ1) is 12.9. The number of benzene rings is 1. The number of amides is 1. The summed E-state index contributed by atoms with van der Waals surface area (Å²) in [6.45, 7) is 0. The topological polar surface area (TPSA) is 55.1 Å². The van der Waals surface area contributed by atoms with Gasteiger partial charge in [0.2, 0.25) is 5.91 Å². The summed E-state index contributed by atoms with van der Waals surface area (Å²) in [6.07, 6.45) is 6.30. The number of anilines is 2. The molecule has 0 heterocycles. The van der Waals surface area contributed by atoms with Crippen molar-refractivity contribution in [2.45, 2.75) is 38.5 Å². The molecule has 0 bridgehead atoms. The van der Waals surface area contributed by atoms with Crippen LogP contribution in [0.2, 0.25) is 0 Å². The molecule has 0 atom stereocenters. The van der Waals surface area contributed by atoms with E-state index in [0.29, 0.717) is 0 Å². The zero-order valence-electron chi connectivity index (χ0n) is 10.4. The van der Waals surface area contributed by atoms with E-state index < -0.39 is 5.82 Å². The first-order valence-corrected chi connectivity index (χ1v) is 6.53. The number of nitrogens with one attached hydrogen (secondary N) is 1. The zero-order valence-corrected chi connectivity index (χ0v) is 10.4. The molecule has 3 N–H and O–H groups in total. The third-order valence-corrected chi connectivity index (χ3v) is 3.52. The monoisotopic (exact) mass is 250 g/mol. The van der Waals surface area contributed by atoms with Gasteiger partial charge in [0.15, 0.2) is 0 Å². The fourth-order valence-electron chi connectivity index (χ4n) is 2.44. The first-order valence-electron chi connectivity index (χ1n) is 6.53. The zero-order chi connectivity index (χ0) is 13.0. The highest BCUT2D eigenvalue weighted by molar-refractivity contribution is 5.95. The van der Waals surface area contributed by atoms with E-state index in [1.165, 1.54) is 25.0 Å². The molecule has 4 heteroatoms. The molecule has 0 saturated heterocycles. The fraction of sp³-hybridized carbons (Fsp3) is 0.500. The largest absolute Gasteiger partial charge is 0.397 e. The van der Waals surface area contributed by atoms with Gasteiger partial charge in [-0.3, -0.25) is 4.79 Å². The lowest BCUT2D eigenvalue weighted by Crippen LogP contribution is -2.23. The van der Waals surface area contributed by atoms with E-state index in [0.717, 1.165) is 25.7 Å². The van der Waals surface area contributed by atoms with Crippen LogP contribution in [0.15, 0.2) is 18.2 Å². The smallest absolute Gasteiger partial charge is 0.227 e. The van der Waals surface area contributed by atoms with Crippen LogP contribution >= 0.6 is 0 Å². The molecule has 1 amide bonds. The molecule has 1 aromatic carbocycles. The van der Waals surface area contributed by atoms with Crippen molar-refractivity contribution in [1.82, 2.24) is 0 Å². The number of nitrogen functional groups attached to an aromatic ring is 1. The summed E-state index contributed by atoms with van der Waals surface area (Å²) >= 11 is 0. The molecule has 1 saturated carbocycles. The van der Waals surface area contributed by atoms with Gasteiger partial charge in [-0.25, -0.2) is 4.39 Å². The molecule has 0 unspecified atom stereocenters. The lowest BCUT2D eigenvalue weighted by molar-refractivity contribution is -0.120. The van der Waals surface area contributed by atoms with Crippen LogP contribution in [-0.2, 0) is 4.79 Å². The third-order valence-electron chi connectivity index (χ3n) is 3.52. The molecule has 2 rings (SSSR count). The Morgan fingerprint density at radius 3 is 2.50 bits per heavy atom. The van der Waals surface area contributed by atoms with Gasteiger partial charge >= 0.3 is 0 Å². The Kier molecular flexibility index (Phi) is 4.18. The summed E-state index contributed by atoms with van der Waals surface area (Å²) < 4.78 is 13.6. The predicted octanol–water partition coefficient (Wildman–Crippen LogP) is 3.32. The Balaban J connectivity index is 2.06. The van der Waals surface area contributed by atoms with Crippen molar-refractivity contribution in [3.05, 3.63) is 24.0 Å². The van der Waals surface area contributed by atoms with Gasteiger partial charge in [0.25, 0.3) is 0 Å². The van der Waals surface area contributed by atoms with E-state index in [1.807, 2.05) is 0 Å². The van der Waals surface area contributed by atoms with E-state index in [-0.39, 0.29) is 23.2 Å². The van der Waals surface area contributed by atoms with Crippen molar-refractivity contribution in [1.29, 1.82) is 0 Å². The lowest BCUT2D eigenvalue weighted by Gasteiger charge is -2.15. The van der Waals surface area contributed by atoms with Crippen LogP contribution in [0.4, 0.5) is 15.8 Å². The van der Waals surface area contributed by atoms with E-state index in [2.05, 4.69) is 5.32 Å². The second kappa shape index (κ2) is 5.85. The number of nitrogens with two attached hydrogens (primary N) is 1. The molecule has 1 aliphatic carbocycles. The second-order valence-corrected chi connectivity index (χ2v) is 4.88. The van der Waals surface area contributed by atoms with Crippen LogP contribution in [-0.4, -0.2) is 5.91 Å². The summed E-state index contributed by atoms with van der Waals surface area (Å²) in [5.74, 6) is -0.586. The summed E-state index contributed by atoms with van der Waals surface area (Å²) in [6, 6.07) is 4.43. The van der Waals surface area contributed by atoms with Crippen LogP contribution in [0, 0.1) is 11.7 Å². The molecule has 0 aromatic heterocycles. The number of hydrogen-bond acceptors (Lipinski definition) is 2. The minimum atomic E-state index is -0.475. The first-order chi connectivity index (χ1) is 8.68. The highest BCUT2D eigenvalue weighted by Gasteiger charge is 2.21. The van der Waals surface area contributed by atoms with Gasteiger partial charge in [0.05, 0.1) is 5.69 Å². The van der Waals surface area contributed by atoms with Crippen molar-refractivity contribution in [3.63, 3.8) is 0 Å². The van der Waals surface area contributed by atoms with E-state index >= 15 is 0 Å². The summed E-state index contributed by atoms with van der Waals surface area (Å²) in [5.41, 5.74) is 6.07.